The van der Waals surface area contributed by atoms with Crippen LogP contribution in [0.25, 0.3) is 6.08 Å². The average molecular weight is 193 g/mol. The van der Waals surface area contributed by atoms with E-state index in [2.05, 4.69) is 43.0 Å². The van der Waals surface area contributed by atoms with Crippen molar-refractivity contribution in [3.05, 3.63) is 41.5 Å². The van der Waals surface area contributed by atoms with E-state index < -0.39 is 0 Å². The number of hydrogen-bond donors (Lipinski definition) is 2. The zero-order chi connectivity index (χ0) is 9.52. The Labute approximate surface area is 85.1 Å². The molecule has 2 heteroatoms. The van der Waals surface area contributed by atoms with E-state index in [1.165, 1.54) is 11.1 Å². The Kier molecular flexibility index (Phi) is 4.65. The minimum atomic E-state index is 0.711. The van der Waals surface area contributed by atoms with Gasteiger partial charge in [-0.25, -0.2) is 0 Å². The summed E-state index contributed by atoms with van der Waals surface area (Å²) in [5.41, 5.74) is 7.86. The third-order valence-corrected chi connectivity index (χ3v) is 2.14. The van der Waals surface area contributed by atoms with Gasteiger partial charge in [0.2, 0.25) is 0 Å². The summed E-state index contributed by atoms with van der Waals surface area (Å²) in [7, 11) is 0. The van der Waals surface area contributed by atoms with Crippen molar-refractivity contribution >= 4 is 18.7 Å². The molecule has 0 aliphatic carbocycles. The van der Waals surface area contributed by atoms with E-state index in [1.54, 1.807) is 0 Å². The number of thiol groups is 1. The Morgan fingerprint density at radius 3 is 2.92 bits per heavy atom. The summed E-state index contributed by atoms with van der Waals surface area (Å²) in [5.74, 6) is 0.790. The molecule has 0 radical (unpaired) electrons. The van der Waals surface area contributed by atoms with Gasteiger partial charge in [-0.05, 0) is 24.1 Å². The molecule has 1 rings (SSSR count). The quantitative estimate of drug-likeness (QED) is 0.706. The molecule has 0 saturated heterocycles. The molecule has 2 N–H and O–H groups in total. The van der Waals surface area contributed by atoms with Crippen LogP contribution in [0, 0.1) is 0 Å². The first-order valence-corrected chi connectivity index (χ1v) is 5.06. The molecule has 1 nitrogen and oxygen atoms in total. The van der Waals surface area contributed by atoms with E-state index in [4.69, 9.17) is 5.73 Å². The van der Waals surface area contributed by atoms with E-state index in [9.17, 15) is 0 Å². The van der Waals surface area contributed by atoms with Crippen LogP contribution in [0.2, 0.25) is 0 Å². The first-order chi connectivity index (χ1) is 6.36. The summed E-state index contributed by atoms with van der Waals surface area (Å²) >= 11 is 4.22. The van der Waals surface area contributed by atoms with E-state index in [-0.39, 0.29) is 0 Å². The van der Waals surface area contributed by atoms with E-state index in [0.29, 0.717) is 6.54 Å². The molecule has 0 amide bonds. The van der Waals surface area contributed by atoms with Crippen LogP contribution >= 0.6 is 12.6 Å². The molecule has 70 valence electrons. The SMILES string of the molecule is NCCC=Cc1cccc(CS)c1. The summed E-state index contributed by atoms with van der Waals surface area (Å²) in [4.78, 5) is 0. The highest BCUT2D eigenvalue weighted by molar-refractivity contribution is 7.79. The van der Waals surface area contributed by atoms with Crippen molar-refractivity contribution in [3.8, 4) is 0 Å². The van der Waals surface area contributed by atoms with Gasteiger partial charge in [-0.3, -0.25) is 0 Å². The lowest BCUT2D eigenvalue weighted by Gasteiger charge is -1.97. The number of hydrogen-bond acceptors (Lipinski definition) is 2. The highest BCUT2D eigenvalue weighted by Gasteiger charge is 1.89. The molecule has 0 spiro atoms. The van der Waals surface area contributed by atoms with Crippen molar-refractivity contribution in [2.24, 2.45) is 5.73 Å². The molecule has 1 aromatic rings. The molecule has 0 bridgehead atoms. The fourth-order valence-electron chi connectivity index (χ4n) is 1.11. The molecule has 0 heterocycles. The van der Waals surface area contributed by atoms with Gasteiger partial charge in [0.1, 0.15) is 0 Å². The van der Waals surface area contributed by atoms with Crippen LogP contribution in [0.4, 0.5) is 0 Å². The molecular formula is C11H15NS. The molecule has 0 unspecified atom stereocenters. The molecule has 0 aliphatic rings. The largest absolute Gasteiger partial charge is 0.330 e. The predicted octanol–water partition coefficient (Wildman–Crippen LogP) is 2.48. The van der Waals surface area contributed by atoms with Crippen LogP contribution in [-0.2, 0) is 5.75 Å². The van der Waals surface area contributed by atoms with Gasteiger partial charge in [0, 0.05) is 5.75 Å². The van der Waals surface area contributed by atoms with Crippen LogP contribution in [0.1, 0.15) is 17.5 Å². The first kappa shape index (κ1) is 10.4. The molecule has 0 fully saturated rings. The lowest BCUT2D eigenvalue weighted by Crippen LogP contribution is -1.94. The third-order valence-electron chi connectivity index (χ3n) is 1.78. The van der Waals surface area contributed by atoms with Gasteiger partial charge in [0.05, 0.1) is 0 Å². The lowest BCUT2D eigenvalue weighted by molar-refractivity contribution is 1.01. The van der Waals surface area contributed by atoms with E-state index in [1.807, 2.05) is 6.07 Å². The van der Waals surface area contributed by atoms with E-state index in [0.717, 1.165) is 12.2 Å². The van der Waals surface area contributed by atoms with Crippen molar-refractivity contribution in [2.75, 3.05) is 6.54 Å². The third kappa shape index (κ3) is 3.66. The van der Waals surface area contributed by atoms with Gasteiger partial charge < -0.3 is 5.73 Å². The normalized spacial score (nSPS) is 10.9. The molecule has 13 heavy (non-hydrogen) atoms. The van der Waals surface area contributed by atoms with Crippen molar-refractivity contribution in [3.63, 3.8) is 0 Å². The summed E-state index contributed by atoms with van der Waals surface area (Å²) in [5, 5.41) is 0. The monoisotopic (exact) mass is 193 g/mol. The molecule has 0 saturated carbocycles. The zero-order valence-electron chi connectivity index (χ0n) is 7.61. The molecule has 1 aromatic carbocycles. The summed E-state index contributed by atoms with van der Waals surface area (Å²) < 4.78 is 0. The first-order valence-electron chi connectivity index (χ1n) is 4.43. The fourth-order valence-corrected chi connectivity index (χ4v) is 1.31. The Balaban J connectivity index is 2.66. The topological polar surface area (TPSA) is 26.0 Å². The highest BCUT2D eigenvalue weighted by atomic mass is 32.1. The average Bonchev–Trinajstić information content (AvgIpc) is 2.19. The fraction of sp³-hybridized carbons (Fsp3) is 0.273. The van der Waals surface area contributed by atoms with Crippen molar-refractivity contribution < 1.29 is 0 Å². The Morgan fingerprint density at radius 2 is 2.23 bits per heavy atom. The number of benzene rings is 1. The molecule has 0 aliphatic heterocycles. The lowest BCUT2D eigenvalue weighted by atomic mass is 10.1. The maximum atomic E-state index is 5.39. The van der Waals surface area contributed by atoms with Gasteiger partial charge >= 0.3 is 0 Å². The maximum absolute atomic E-state index is 5.39. The second-order valence-corrected chi connectivity index (χ2v) is 3.20. The Bertz CT molecular complexity index is 281. The number of nitrogens with two attached hydrogens (primary N) is 1. The Morgan fingerprint density at radius 1 is 1.38 bits per heavy atom. The maximum Gasteiger partial charge on any atom is 0.0154 e. The van der Waals surface area contributed by atoms with E-state index >= 15 is 0 Å². The van der Waals surface area contributed by atoms with Crippen molar-refractivity contribution in [1.29, 1.82) is 0 Å². The second kappa shape index (κ2) is 5.84. The summed E-state index contributed by atoms with van der Waals surface area (Å²) in [6.07, 6.45) is 5.13. The minimum absolute atomic E-state index is 0.711. The molecule has 0 aromatic heterocycles. The summed E-state index contributed by atoms with van der Waals surface area (Å²) in [6, 6.07) is 8.35. The van der Waals surface area contributed by atoms with Crippen LogP contribution < -0.4 is 5.73 Å². The summed E-state index contributed by atoms with van der Waals surface area (Å²) in [6.45, 7) is 0.711. The highest BCUT2D eigenvalue weighted by Crippen LogP contribution is 2.09. The van der Waals surface area contributed by atoms with Gasteiger partial charge in [-0.1, -0.05) is 36.4 Å². The predicted molar refractivity (Wildman–Crippen MR) is 61.8 cm³/mol. The second-order valence-electron chi connectivity index (χ2n) is 2.88. The minimum Gasteiger partial charge on any atom is -0.330 e. The molecule has 0 atom stereocenters. The van der Waals surface area contributed by atoms with Crippen molar-refractivity contribution in [1.82, 2.24) is 0 Å². The van der Waals surface area contributed by atoms with Gasteiger partial charge in [0.15, 0.2) is 0 Å². The van der Waals surface area contributed by atoms with Crippen molar-refractivity contribution in [2.45, 2.75) is 12.2 Å². The van der Waals surface area contributed by atoms with Gasteiger partial charge in [0.25, 0.3) is 0 Å². The van der Waals surface area contributed by atoms with Crippen LogP contribution in [0.5, 0.6) is 0 Å². The smallest absolute Gasteiger partial charge is 0.0154 e. The van der Waals surface area contributed by atoms with Crippen LogP contribution in [-0.4, -0.2) is 6.54 Å². The number of rotatable bonds is 4. The van der Waals surface area contributed by atoms with Gasteiger partial charge in [-0.15, -0.1) is 0 Å². The standard InChI is InChI=1S/C11H15NS/c12-7-2-1-4-10-5-3-6-11(8-10)9-13/h1,3-6,8,13H,2,7,9,12H2. The van der Waals surface area contributed by atoms with Gasteiger partial charge in [-0.2, -0.15) is 12.6 Å². The van der Waals surface area contributed by atoms with Crippen LogP contribution in [0.15, 0.2) is 30.3 Å². The Hall–Kier alpha value is -0.730. The van der Waals surface area contributed by atoms with Crippen LogP contribution in [0.3, 0.4) is 0 Å². The zero-order valence-corrected chi connectivity index (χ0v) is 8.50. The molecular weight excluding hydrogens is 178 g/mol.